The van der Waals surface area contributed by atoms with Gasteiger partial charge < -0.3 is 25.1 Å². The Hall–Kier alpha value is 0.150. The summed E-state index contributed by atoms with van der Waals surface area (Å²) in [6.45, 7) is 0. The predicted octanol–water partition coefficient (Wildman–Crippen LogP) is -1.53. The summed E-state index contributed by atoms with van der Waals surface area (Å²) in [7, 11) is -17.3. The van der Waals surface area contributed by atoms with Gasteiger partial charge in [-0.2, -0.15) is 0 Å². The maximum Gasteiger partial charge on any atom is 0.510 e. The van der Waals surface area contributed by atoms with E-state index in [9.17, 15) is 37.4 Å². The van der Waals surface area contributed by atoms with Crippen LogP contribution in [0.25, 0.3) is 0 Å². The molecule has 1 saturated carbocycles. The minimum Gasteiger partial charge on any atom is -0.387 e. The Morgan fingerprint density at radius 3 is 1.29 bits per heavy atom. The van der Waals surface area contributed by atoms with Crippen LogP contribution in [0.3, 0.4) is 0 Å². The Morgan fingerprint density at radius 1 is 0.625 bits per heavy atom. The SMILES string of the molecule is O=P(O)(O)O[C@@H]1[C@H](O)[C@H](O)[C@@H](OP(=O)(O)F)[C@H](OP(=O)(O)F)[C@H]1O. The van der Waals surface area contributed by atoms with E-state index in [2.05, 4.69) is 13.6 Å². The quantitative estimate of drug-likeness (QED) is 0.241. The van der Waals surface area contributed by atoms with Gasteiger partial charge in [0.15, 0.2) is 0 Å². The van der Waals surface area contributed by atoms with E-state index in [0.717, 1.165) is 0 Å². The molecule has 1 fully saturated rings. The molecule has 0 bridgehead atoms. The molecular formula is C6H13F2O13P3. The Balaban J connectivity index is 3.23. The Labute approximate surface area is 132 Å². The van der Waals surface area contributed by atoms with Gasteiger partial charge in [-0.3, -0.25) is 23.4 Å². The van der Waals surface area contributed by atoms with Crippen molar-refractivity contribution in [3.05, 3.63) is 0 Å². The molecule has 0 aliphatic heterocycles. The van der Waals surface area contributed by atoms with Crippen LogP contribution in [-0.2, 0) is 27.3 Å². The average molecular weight is 424 g/mol. The highest BCUT2D eigenvalue weighted by molar-refractivity contribution is 7.47. The first kappa shape index (κ1) is 22.2. The molecule has 0 radical (unpaired) electrons. The van der Waals surface area contributed by atoms with Gasteiger partial charge in [-0.15, -0.1) is 8.39 Å². The van der Waals surface area contributed by atoms with Crippen LogP contribution in [0.15, 0.2) is 0 Å². The lowest BCUT2D eigenvalue weighted by Crippen LogP contribution is -2.65. The van der Waals surface area contributed by atoms with Gasteiger partial charge in [-0.1, -0.05) is 0 Å². The molecule has 18 heteroatoms. The van der Waals surface area contributed by atoms with E-state index >= 15 is 0 Å². The summed E-state index contributed by atoms with van der Waals surface area (Å²) in [4.78, 5) is 34.3. The second-order valence-electron chi connectivity index (χ2n) is 4.58. The molecule has 144 valence electrons. The molecule has 0 spiro atoms. The normalized spacial score (nSPS) is 39.9. The number of hydrogen-bond donors (Lipinski definition) is 7. The predicted molar refractivity (Wildman–Crippen MR) is 66.6 cm³/mol. The monoisotopic (exact) mass is 424 g/mol. The van der Waals surface area contributed by atoms with Crippen LogP contribution < -0.4 is 0 Å². The summed E-state index contributed by atoms with van der Waals surface area (Å²) >= 11 is 0. The number of phosphoric acid groups is 1. The molecule has 24 heavy (non-hydrogen) atoms. The lowest BCUT2D eigenvalue weighted by Gasteiger charge is -2.44. The standard InChI is InChI=1S/C6H13F2O13P3/c7-22(12,13)19-5-2(10)1(9)4(21-24(16,17)18)3(11)6(5)20-23(8,14)15/h1-6,9-11H,(H,12,13)(H,14,15)(H2,16,17,18)/t1-,2+,3+,4-,5-,6-/m1/s1. The van der Waals surface area contributed by atoms with Crippen LogP contribution in [0.4, 0.5) is 8.39 Å². The third-order valence-electron chi connectivity index (χ3n) is 2.78. The van der Waals surface area contributed by atoms with Gasteiger partial charge in [0.2, 0.25) is 0 Å². The highest BCUT2D eigenvalue weighted by atomic mass is 31.2. The van der Waals surface area contributed by atoms with E-state index in [-0.39, 0.29) is 0 Å². The Morgan fingerprint density at radius 2 is 0.958 bits per heavy atom. The number of halogens is 2. The summed E-state index contributed by atoms with van der Waals surface area (Å²) in [5.41, 5.74) is 0. The van der Waals surface area contributed by atoms with E-state index in [1.807, 2.05) is 0 Å². The molecule has 0 aromatic heterocycles. The van der Waals surface area contributed by atoms with Gasteiger partial charge >= 0.3 is 23.6 Å². The van der Waals surface area contributed by atoms with Gasteiger partial charge in [0.25, 0.3) is 0 Å². The molecule has 13 nitrogen and oxygen atoms in total. The summed E-state index contributed by atoms with van der Waals surface area (Å²) < 4.78 is 69.1. The van der Waals surface area contributed by atoms with Gasteiger partial charge in [0, 0.05) is 0 Å². The highest BCUT2D eigenvalue weighted by Gasteiger charge is 2.56. The van der Waals surface area contributed by atoms with Crippen molar-refractivity contribution >= 4 is 23.6 Å². The number of rotatable bonds is 6. The zero-order chi connectivity index (χ0) is 19.1. The molecule has 2 unspecified atom stereocenters. The second kappa shape index (κ2) is 7.41. The summed E-state index contributed by atoms with van der Waals surface area (Å²) in [5.74, 6) is 0. The molecule has 0 saturated heterocycles. The lowest BCUT2D eigenvalue weighted by atomic mass is 9.85. The second-order valence-corrected chi connectivity index (χ2v) is 7.99. The van der Waals surface area contributed by atoms with Crippen LogP contribution in [-0.4, -0.2) is 71.5 Å². The van der Waals surface area contributed by atoms with Crippen molar-refractivity contribution in [3.8, 4) is 0 Å². The van der Waals surface area contributed by atoms with Crippen molar-refractivity contribution in [2.75, 3.05) is 0 Å². The first-order valence-electron chi connectivity index (χ1n) is 5.72. The lowest BCUT2D eigenvalue weighted by molar-refractivity contribution is -0.211. The largest absolute Gasteiger partial charge is 0.510 e. The molecule has 8 atom stereocenters. The number of phosphoric ester groups is 1. The first-order chi connectivity index (χ1) is 10.5. The van der Waals surface area contributed by atoms with Crippen molar-refractivity contribution in [2.45, 2.75) is 36.6 Å². The number of aliphatic hydroxyl groups is 3. The van der Waals surface area contributed by atoms with Crippen molar-refractivity contribution in [3.63, 3.8) is 0 Å². The molecule has 7 N–H and O–H groups in total. The maximum atomic E-state index is 12.8. The fraction of sp³-hybridized carbons (Fsp3) is 1.00. The van der Waals surface area contributed by atoms with E-state index in [4.69, 9.17) is 19.6 Å². The smallest absolute Gasteiger partial charge is 0.387 e. The summed E-state index contributed by atoms with van der Waals surface area (Å²) in [5, 5.41) is 29.1. The molecule has 0 aromatic rings. The maximum absolute atomic E-state index is 12.8. The van der Waals surface area contributed by atoms with Crippen LogP contribution in [0.5, 0.6) is 0 Å². The average Bonchev–Trinajstić information content (AvgIpc) is 2.32. The van der Waals surface area contributed by atoms with E-state index < -0.39 is 60.3 Å². The van der Waals surface area contributed by atoms with Crippen LogP contribution in [0, 0.1) is 0 Å². The van der Waals surface area contributed by atoms with Gasteiger partial charge in [-0.25, -0.2) is 13.7 Å². The van der Waals surface area contributed by atoms with Gasteiger partial charge in [-0.05, 0) is 0 Å². The summed E-state index contributed by atoms with van der Waals surface area (Å²) in [6.07, 6.45) is -15.2. The molecule has 0 amide bonds. The molecule has 1 aliphatic rings. The third kappa shape index (κ3) is 6.46. The van der Waals surface area contributed by atoms with Crippen molar-refractivity contribution in [1.29, 1.82) is 0 Å². The minimum atomic E-state index is -5.97. The minimum absolute atomic E-state index is 2.42. The number of aliphatic hydroxyl groups excluding tert-OH is 3. The van der Waals surface area contributed by atoms with Crippen molar-refractivity contribution in [2.24, 2.45) is 0 Å². The van der Waals surface area contributed by atoms with E-state index in [0.29, 0.717) is 0 Å². The van der Waals surface area contributed by atoms with E-state index in [1.54, 1.807) is 0 Å². The zero-order valence-electron chi connectivity index (χ0n) is 11.1. The van der Waals surface area contributed by atoms with Crippen LogP contribution in [0.2, 0.25) is 0 Å². The fourth-order valence-electron chi connectivity index (χ4n) is 1.99. The zero-order valence-corrected chi connectivity index (χ0v) is 13.8. The molecule has 0 heterocycles. The fourth-order valence-corrected chi connectivity index (χ4v) is 3.65. The van der Waals surface area contributed by atoms with Gasteiger partial charge in [0.1, 0.15) is 36.6 Å². The number of hydrogen-bond acceptors (Lipinski definition) is 9. The van der Waals surface area contributed by atoms with Crippen molar-refractivity contribution < 1.29 is 70.6 Å². The highest BCUT2D eigenvalue weighted by Crippen LogP contribution is 2.52. The molecular weight excluding hydrogens is 411 g/mol. The van der Waals surface area contributed by atoms with Crippen molar-refractivity contribution in [1.82, 2.24) is 0 Å². The van der Waals surface area contributed by atoms with Crippen LogP contribution >= 0.6 is 23.6 Å². The molecule has 1 rings (SSSR count). The Kier molecular flexibility index (Phi) is 6.85. The third-order valence-corrected chi connectivity index (χ3v) is 4.31. The topological polar surface area (TPSA) is 221 Å². The summed E-state index contributed by atoms with van der Waals surface area (Å²) in [6, 6.07) is 0. The molecule has 1 aliphatic carbocycles. The van der Waals surface area contributed by atoms with Crippen LogP contribution in [0.1, 0.15) is 0 Å². The first-order valence-corrected chi connectivity index (χ1v) is 10.2. The van der Waals surface area contributed by atoms with E-state index in [1.165, 1.54) is 0 Å². The van der Waals surface area contributed by atoms with Gasteiger partial charge in [0.05, 0.1) is 0 Å². The Bertz CT molecular complexity index is 582. The molecule has 0 aromatic carbocycles.